The molecule has 0 saturated carbocycles. The van der Waals surface area contributed by atoms with Crippen molar-refractivity contribution < 1.29 is 9.84 Å². The van der Waals surface area contributed by atoms with E-state index in [0.717, 1.165) is 54.8 Å². The van der Waals surface area contributed by atoms with Gasteiger partial charge in [-0.3, -0.25) is 0 Å². The van der Waals surface area contributed by atoms with E-state index in [-0.39, 0.29) is 5.75 Å². The first-order valence-corrected chi connectivity index (χ1v) is 9.87. The zero-order chi connectivity index (χ0) is 18.4. The van der Waals surface area contributed by atoms with Gasteiger partial charge in [0.1, 0.15) is 5.75 Å². The summed E-state index contributed by atoms with van der Waals surface area (Å²) in [5.74, 6) is 1.63. The predicted octanol–water partition coefficient (Wildman–Crippen LogP) is 3.26. The monoisotopic (exact) mass is 374 g/mol. The lowest BCUT2D eigenvalue weighted by Gasteiger charge is -2.32. The van der Waals surface area contributed by atoms with Gasteiger partial charge in [-0.05, 0) is 37.7 Å². The van der Waals surface area contributed by atoms with Crippen LogP contribution in [0.15, 0.2) is 40.3 Å². The number of aromatic nitrogens is 2. The Morgan fingerprint density at radius 3 is 2.58 bits per heavy atom. The van der Waals surface area contributed by atoms with Crippen molar-refractivity contribution in [2.24, 2.45) is 0 Å². The predicted molar refractivity (Wildman–Crippen MR) is 104 cm³/mol. The Bertz CT molecular complexity index is 703. The minimum absolute atomic E-state index is 0.260. The average Bonchev–Trinajstić information content (AvgIpc) is 2.65. The van der Waals surface area contributed by atoms with Gasteiger partial charge in [0.05, 0.1) is 17.7 Å². The lowest BCUT2D eigenvalue weighted by atomic mass is 10.3. The number of benzene rings is 1. The number of piperazine rings is 1. The lowest BCUT2D eigenvalue weighted by molar-refractivity contribution is 0.287. The summed E-state index contributed by atoms with van der Waals surface area (Å²) in [5, 5.41) is 9.45. The third-order valence-electron chi connectivity index (χ3n) is 4.30. The van der Waals surface area contributed by atoms with Gasteiger partial charge in [-0.25, -0.2) is 4.98 Å². The highest BCUT2D eigenvalue weighted by molar-refractivity contribution is 7.99. The second-order valence-electron chi connectivity index (χ2n) is 6.43. The molecule has 3 rings (SSSR count). The molecule has 1 aliphatic rings. The van der Waals surface area contributed by atoms with Crippen LogP contribution in [0, 0.1) is 0 Å². The molecule has 1 N–H and O–H groups in total. The summed E-state index contributed by atoms with van der Waals surface area (Å²) < 4.78 is 5.97. The zero-order valence-electron chi connectivity index (χ0n) is 15.4. The Hall–Kier alpha value is -1.99. The number of aromatic hydroxyl groups is 1. The average molecular weight is 375 g/mol. The smallest absolute Gasteiger partial charge is 0.232 e. The second kappa shape index (κ2) is 9.09. The summed E-state index contributed by atoms with van der Waals surface area (Å²) in [6.07, 6.45) is 3.92. The molecule has 1 aromatic carbocycles. The van der Waals surface area contributed by atoms with Crippen molar-refractivity contribution in [3.63, 3.8) is 0 Å². The highest BCUT2D eigenvalue weighted by Crippen LogP contribution is 2.35. The van der Waals surface area contributed by atoms with Crippen LogP contribution in [-0.4, -0.2) is 59.8 Å². The second-order valence-corrected chi connectivity index (χ2v) is 7.54. The van der Waals surface area contributed by atoms with Crippen LogP contribution in [-0.2, 0) is 0 Å². The molecule has 26 heavy (non-hydrogen) atoms. The van der Waals surface area contributed by atoms with Crippen molar-refractivity contribution in [2.45, 2.75) is 29.6 Å². The van der Waals surface area contributed by atoms with Crippen LogP contribution in [0.3, 0.4) is 0 Å². The molecule has 1 aliphatic heterocycles. The number of anilines is 1. The van der Waals surface area contributed by atoms with Crippen LogP contribution in [0.1, 0.15) is 19.8 Å². The maximum absolute atomic E-state index is 9.45. The number of ether oxygens (including phenoxy) is 1. The summed E-state index contributed by atoms with van der Waals surface area (Å²) in [5.41, 5.74) is 0. The van der Waals surface area contributed by atoms with Crippen molar-refractivity contribution >= 4 is 17.7 Å². The summed E-state index contributed by atoms with van der Waals surface area (Å²) in [7, 11) is 2.13. The standard InChI is InChI=1S/C19H26N4O2S/c1-3-4-13-25-18-17(26-16-7-5-15(24)6-8-16)14-20-19(21-18)23-11-9-22(2)10-12-23/h5-8,14,24H,3-4,9-13H2,1-2H3. The van der Waals surface area contributed by atoms with Crippen molar-refractivity contribution in [1.29, 1.82) is 0 Å². The zero-order valence-corrected chi connectivity index (χ0v) is 16.2. The Kier molecular flexibility index (Phi) is 6.57. The van der Waals surface area contributed by atoms with E-state index in [1.807, 2.05) is 18.3 Å². The summed E-state index contributed by atoms with van der Waals surface area (Å²) in [4.78, 5) is 15.7. The third kappa shape index (κ3) is 5.02. The molecule has 0 bridgehead atoms. The molecule has 0 aliphatic carbocycles. The highest BCUT2D eigenvalue weighted by Gasteiger charge is 2.19. The van der Waals surface area contributed by atoms with Crippen LogP contribution in [0.25, 0.3) is 0 Å². The van der Waals surface area contributed by atoms with Gasteiger partial charge in [-0.2, -0.15) is 4.98 Å². The van der Waals surface area contributed by atoms with Crippen LogP contribution >= 0.6 is 11.8 Å². The van der Waals surface area contributed by atoms with Gasteiger partial charge in [0.15, 0.2) is 0 Å². The summed E-state index contributed by atoms with van der Waals surface area (Å²) in [6, 6.07) is 7.12. The van der Waals surface area contributed by atoms with Gasteiger partial charge in [-0.1, -0.05) is 25.1 Å². The van der Waals surface area contributed by atoms with Crippen LogP contribution in [0.5, 0.6) is 11.6 Å². The number of rotatable bonds is 7. The molecule has 1 aromatic heterocycles. The van der Waals surface area contributed by atoms with E-state index in [4.69, 9.17) is 9.72 Å². The largest absolute Gasteiger partial charge is 0.508 e. The number of phenols is 1. The number of nitrogens with zero attached hydrogens (tertiary/aromatic N) is 4. The first-order chi connectivity index (χ1) is 12.7. The molecule has 0 amide bonds. The van der Waals surface area contributed by atoms with Gasteiger partial charge in [0.25, 0.3) is 0 Å². The van der Waals surface area contributed by atoms with Crippen LogP contribution in [0.4, 0.5) is 5.95 Å². The molecule has 1 fully saturated rings. The fourth-order valence-corrected chi connectivity index (χ4v) is 3.46. The van der Waals surface area contributed by atoms with Gasteiger partial charge in [0.2, 0.25) is 11.8 Å². The lowest BCUT2D eigenvalue weighted by Crippen LogP contribution is -2.45. The van der Waals surface area contributed by atoms with E-state index in [1.54, 1.807) is 23.9 Å². The van der Waals surface area contributed by atoms with Crippen molar-refractivity contribution in [2.75, 3.05) is 44.7 Å². The molecule has 2 heterocycles. The SMILES string of the molecule is CCCCOc1nc(N2CCN(C)CC2)ncc1Sc1ccc(O)cc1. The van der Waals surface area contributed by atoms with Crippen molar-refractivity contribution in [3.8, 4) is 11.6 Å². The highest BCUT2D eigenvalue weighted by atomic mass is 32.2. The Morgan fingerprint density at radius 2 is 1.88 bits per heavy atom. The Balaban J connectivity index is 1.79. The number of likely N-dealkylation sites (N-methyl/N-ethyl adjacent to an activating group) is 1. The fraction of sp³-hybridized carbons (Fsp3) is 0.474. The van der Waals surface area contributed by atoms with Gasteiger partial charge in [-0.15, -0.1) is 0 Å². The molecule has 0 unspecified atom stereocenters. The van der Waals surface area contributed by atoms with Crippen LogP contribution in [0.2, 0.25) is 0 Å². The summed E-state index contributed by atoms with van der Waals surface area (Å²) >= 11 is 1.55. The van der Waals surface area contributed by atoms with Gasteiger partial charge >= 0.3 is 0 Å². The number of phenolic OH excluding ortho intramolecular Hbond substituents is 1. The molecule has 0 radical (unpaired) electrons. The van der Waals surface area contributed by atoms with E-state index in [1.165, 1.54) is 0 Å². The fourth-order valence-electron chi connectivity index (χ4n) is 2.63. The minimum Gasteiger partial charge on any atom is -0.508 e. The maximum Gasteiger partial charge on any atom is 0.232 e. The maximum atomic E-state index is 9.45. The van der Waals surface area contributed by atoms with Gasteiger partial charge in [0, 0.05) is 31.1 Å². The molecule has 7 heteroatoms. The molecular formula is C19H26N4O2S. The number of unbranched alkanes of at least 4 members (excludes halogenated alkanes) is 1. The molecular weight excluding hydrogens is 348 g/mol. The molecule has 2 aromatic rings. The number of hydrogen-bond donors (Lipinski definition) is 1. The number of hydrogen-bond acceptors (Lipinski definition) is 7. The van der Waals surface area contributed by atoms with E-state index < -0.39 is 0 Å². The minimum atomic E-state index is 0.260. The van der Waals surface area contributed by atoms with Crippen molar-refractivity contribution in [1.82, 2.24) is 14.9 Å². The van der Waals surface area contributed by atoms with E-state index in [0.29, 0.717) is 12.5 Å². The quantitative estimate of drug-likeness (QED) is 0.746. The Labute approximate surface area is 159 Å². The molecule has 6 nitrogen and oxygen atoms in total. The van der Waals surface area contributed by atoms with E-state index in [9.17, 15) is 5.11 Å². The van der Waals surface area contributed by atoms with Crippen LogP contribution < -0.4 is 9.64 Å². The molecule has 0 atom stereocenters. The molecule has 1 saturated heterocycles. The Morgan fingerprint density at radius 1 is 1.15 bits per heavy atom. The normalized spacial score (nSPS) is 15.2. The molecule has 140 valence electrons. The van der Waals surface area contributed by atoms with Gasteiger partial charge < -0.3 is 19.6 Å². The first-order valence-electron chi connectivity index (χ1n) is 9.06. The van der Waals surface area contributed by atoms with E-state index >= 15 is 0 Å². The topological polar surface area (TPSA) is 61.7 Å². The first kappa shape index (κ1) is 18.8. The molecule has 0 spiro atoms. The van der Waals surface area contributed by atoms with Crippen molar-refractivity contribution in [3.05, 3.63) is 30.5 Å². The van der Waals surface area contributed by atoms with E-state index in [2.05, 4.69) is 28.8 Å². The third-order valence-corrected chi connectivity index (χ3v) is 5.30. The summed E-state index contributed by atoms with van der Waals surface area (Å²) in [6.45, 7) is 6.67.